The summed E-state index contributed by atoms with van der Waals surface area (Å²) in [6.07, 6.45) is 9.21. The van der Waals surface area contributed by atoms with Gasteiger partial charge in [-0.05, 0) is 48.7 Å². The summed E-state index contributed by atoms with van der Waals surface area (Å²) in [5, 5.41) is 8.36. The van der Waals surface area contributed by atoms with Crippen LogP contribution in [0, 0.1) is 0 Å². The molecule has 3 amide bonds. The van der Waals surface area contributed by atoms with Gasteiger partial charge in [-0.3, -0.25) is 9.78 Å². The maximum absolute atomic E-state index is 12.0. The first kappa shape index (κ1) is 20.2. The first-order valence-electron chi connectivity index (χ1n) is 9.65. The number of hydrogen-bond acceptors (Lipinski definition) is 4. The number of pyridine rings is 1. The molecule has 0 bridgehead atoms. The van der Waals surface area contributed by atoms with E-state index in [0.29, 0.717) is 5.69 Å². The molecule has 0 aliphatic heterocycles. The normalized spacial score (nSPS) is 14.3. The lowest BCUT2D eigenvalue weighted by atomic mass is 9.96. The summed E-state index contributed by atoms with van der Waals surface area (Å²) in [5.74, 6) is 0.606. The number of hydrogen-bond donors (Lipinski definition) is 3. The monoisotopic (exact) mass is 398 g/mol. The zero-order valence-electron chi connectivity index (χ0n) is 15.8. The number of benzene rings is 1. The quantitative estimate of drug-likeness (QED) is 0.617. The average molecular weight is 399 g/mol. The topological polar surface area (TPSA) is 83.1 Å². The van der Waals surface area contributed by atoms with Gasteiger partial charge in [0.05, 0.1) is 6.54 Å². The molecule has 0 atom stereocenters. The van der Waals surface area contributed by atoms with Gasteiger partial charge in [-0.15, -0.1) is 11.8 Å². The van der Waals surface area contributed by atoms with Crippen molar-refractivity contribution in [1.82, 2.24) is 15.6 Å². The van der Waals surface area contributed by atoms with Gasteiger partial charge in [-0.2, -0.15) is 0 Å². The summed E-state index contributed by atoms with van der Waals surface area (Å²) in [6.45, 7) is -0.0456. The van der Waals surface area contributed by atoms with Crippen molar-refractivity contribution in [2.75, 3.05) is 11.9 Å². The number of urea groups is 1. The van der Waals surface area contributed by atoms with Crippen molar-refractivity contribution in [1.29, 1.82) is 0 Å². The average Bonchev–Trinajstić information content (AvgIpc) is 2.73. The molecular weight excluding hydrogens is 372 g/mol. The first-order valence-corrected chi connectivity index (χ1v) is 10.6. The van der Waals surface area contributed by atoms with Gasteiger partial charge in [0, 0.05) is 34.8 Å². The second kappa shape index (κ2) is 10.7. The molecule has 1 aliphatic carbocycles. The fourth-order valence-corrected chi connectivity index (χ4v) is 3.97. The van der Waals surface area contributed by atoms with Crippen molar-refractivity contribution in [3.05, 3.63) is 54.4 Å². The Morgan fingerprint density at radius 2 is 1.86 bits per heavy atom. The molecule has 0 saturated heterocycles. The van der Waals surface area contributed by atoms with E-state index >= 15 is 0 Å². The number of amides is 3. The Labute approximate surface area is 169 Å². The van der Waals surface area contributed by atoms with E-state index in [1.807, 2.05) is 42.6 Å². The highest BCUT2D eigenvalue weighted by molar-refractivity contribution is 7.98. The predicted octanol–water partition coefficient (Wildman–Crippen LogP) is 3.94. The number of anilines is 1. The Kier molecular flexibility index (Phi) is 7.72. The van der Waals surface area contributed by atoms with Crippen LogP contribution in [0.5, 0.6) is 0 Å². The fraction of sp³-hybridized carbons (Fsp3) is 0.381. The highest BCUT2D eigenvalue weighted by Crippen LogP contribution is 2.23. The third-order valence-corrected chi connectivity index (χ3v) is 5.70. The SMILES string of the molecule is O=C(CNC(=O)NC1CCCCC1)Nc1ccc(SCc2cccnc2)cc1. The van der Waals surface area contributed by atoms with Gasteiger partial charge < -0.3 is 16.0 Å². The van der Waals surface area contributed by atoms with E-state index in [9.17, 15) is 9.59 Å². The molecule has 3 rings (SSSR count). The summed E-state index contributed by atoms with van der Waals surface area (Å²) in [5.41, 5.74) is 1.88. The van der Waals surface area contributed by atoms with E-state index in [-0.39, 0.29) is 24.5 Å². The van der Waals surface area contributed by atoms with Crippen LogP contribution in [0.2, 0.25) is 0 Å². The lowest BCUT2D eigenvalue weighted by molar-refractivity contribution is -0.115. The van der Waals surface area contributed by atoms with E-state index in [4.69, 9.17) is 0 Å². The Morgan fingerprint density at radius 1 is 1.07 bits per heavy atom. The number of carbonyl (C=O) groups is 2. The lowest BCUT2D eigenvalue weighted by Gasteiger charge is -2.22. The Morgan fingerprint density at radius 3 is 2.57 bits per heavy atom. The third-order valence-electron chi connectivity index (χ3n) is 4.62. The highest BCUT2D eigenvalue weighted by Gasteiger charge is 2.15. The minimum absolute atomic E-state index is 0.0456. The largest absolute Gasteiger partial charge is 0.335 e. The molecular formula is C21H26N4O2S. The Hall–Kier alpha value is -2.54. The van der Waals surface area contributed by atoms with Gasteiger partial charge in [-0.25, -0.2) is 4.79 Å². The van der Waals surface area contributed by atoms with Gasteiger partial charge in [-0.1, -0.05) is 25.3 Å². The second-order valence-electron chi connectivity index (χ2n) is 6.88. The molecule has 3 N–H and O–H groups in total. The van der Waals surface area contributed by atoms with Crippen LogP contribution >= 0.6 is 11.8 Å². The Bertz CT molecular complexity index is 762. The zero-order valence-corrected chi connectivity index (χ0v) is 16.6. The van der Waals surface area contributed by atoms with E-state index in [2.05, 4.69) is 20.9 Å². The predicted molar refractivity (Wildman–Crippen MR) is 112 cm³/mol. The van der Waals surface area contributed by atoms with Crippen LogP contribution in [-0.4, -0.2) is 29.5 Å². The van der Waals surface area contributed by atoms with Gasteiger partial charge in [0.1, 0.15) is 0 Å². The molecule has 0 radical (unpaired) electrons. The van der Waals surface area contributed by atoms with Crippen LogP contribution in [0.25, 0.3) is 0 Å². The molecule has 6 nitrogen and oxygen atoms in total. The molecule has 1 aromatic carbocycles. The number of nitrogens with zero attached hydrogens (tertiary/aromatic N) is 1. The maximum Gasteiger partial charge on any atom is 0.315 e. The first-order chi connectivity index (χ1) is 13.7. The van der Waals surface area contributed by atoms with Gasteiger partial charge >= 0.3 is 6.03 Å². The fourth-order valence-electron chi connectivity index (χ4n) is 3.13. The third kappa shape index (κ3) is 6.88. The maximum atomic E-state index is 12.0. The molecule has 1 fully saturated rings. The minimum Gasteiger partial charge on any atom is -0.335 e. The summed E-state index contributed by atoms with van der Waals surface area (Å²) in [4.78, 5) is 29.2. The van der Waals surface area contributed by atoms with Crippen LogP contribution in [0.4, 0.5) is 10.5 Å². The van der Waals surface area contributed by atoms with E-state index in [1.54, 1.807) is 18.0 Å². The molecule has 1 aromatic heterocycles. The number of aromatic nitrogens is 1. The smallest absolute Gasteiger partial charge is 0.315 e. The van der Waals surface area contributed by atoms with Crippen molar-refractivity contribution < 1.29 is 9.59 Å². The molecule has 28 heavy (non-hydrogen) atoms. The molecule has 2 aromatic rings. The van der Waals surface area contributed by atoms with E-state index in [1.165, 1.54) is 12.0 Å². The molecule has 148 valence electrons. The van der Waals surface area contributed by atoms with Crippen LogP contribution in [0.1, 0.15) is 37.7 Å². The number of nitrogens with one attached hydrogen (secondary N) is 3. The molecule has 1 saturated carbocycles. The summed E-state index contributed by atoms with van der Waals surface area (Å²) in [6, 6.07) is 11.6. The number of carbonyl (C=O) groups excluding carboxylic acids is 2. The van der Waals surface area contributed by atoms with Crippen LogP contribution < -0.4 is 16.0 Å². The van der Waals surface area contributed by atoms with Crippen molar-refractivity contribution in [3.63, 3.8) is 0 Å². The lowest BCUT2D eigenvalue weighted by Crippen LogP contribution is -2.45. The van der Waals surface area contributed by atoms with Crippen molar-refractivity contribution in [3.8, 4) is 0 Å². The summed E-state index contributed by atoms with van der Waals surface area (Å²) < 4.78 is 0. The molecule has 7 heteroatoms. The number of thioether (sulfide) groups is 1. The molecule has 0 unspecified atom stereocenters. The van der Waals surface area contributed by atoms with Crippen LogP contribution in [-0.2, 0) is 10.5 Å². The molecule has 1 aliphatic rings. The summed E-state index contributed by atoms with van der Waals surface area (Å²) in [7, 11) is 0. The van der Waals surface area contributed by atoms with E-state index in [0.717, 1.165) is 36.3 Å². The van der Waals surface area contributed by atoms with Gasteiger partial charge in [0.25, 0.3) is 0 Å². The summed E-state index contributed by atoms with van der Waals surface area (Å²) >= 11 is 1.71. The van der Waals surface area contributed by atoms with E-state index < -0.39 is 0 Å². The van der Waals surface area contributed by atoms with Crippen LogP contribution in [0.3, 0.4) is 0 Å². The Balaban J connectivity index is 1.37. The highest BCUT2D eigenvalue weighted by atomic mass is 32.2. The minimum atomic E-state index is -0.274. The van der Waals surface area contributed by atoms with Gasteiger partial charge in [0.15, 0.2) is 0 Å². The molecule has 0 spiro atoms. The number of rotatable bonds is 7. The van der Waals surface area contributed by atoms with Crippen LogP contribution in [0.15, 0.2) is 53.7 Å². The molecule has 1 heterocycles. The van der Waals surface area contributed by atoms with Crippen molar-refractivity contribution in [2.45, 2.75) is 48.8 Å². The van der Waals surface area contributed by atoms with Gasteiger partial charge in [0.2, 0.25) is 5.91 Å². The zero-order chi connectivity index (χ0) is 19.6. The standard InChI is InChI=1S/C21H26N4O2S/c26-20(14-23-21(27)25-17-6-2-1-3-7-17)24-18-8-10-19(11-9-18)28-15-16-5-4-12-22-13-16/h4-5,8-13,17H,1-3,6-7,14-15H2,(H,24,26)(H2,23,25,27). The van der Waals surface area contributed by atoms with Crippen molar-refractivity contribution in [2.24, 2.45) is 0 Å². The van der Waals surface area contributed by atoms with Crippen molar-refractivity contribution >= 4 is 29.4 Å². The second-order valence-corrected chi connectivity index (χ2v) is 7.93.